The molecule has 0 spiro atoms. The molecule has 0 radical (unpaired) electrons. The van der Waals surface area contributed by atoms with Gasteiger partial charge in [-0.2, -0.15) is 0 Å². The van der Waals surface area contributed by atoms with Crippen LogP contribution < -0.4 is 10.6 Å². The number of nitrogens with zero attached hydrogens (tertiary/aromatic N) is 2. The van der Waals surface area contributed by atoms with Gasteiger partial charge in [-0.25, -0.2) is 9.78 Å². The molecule has 6 nitrogen and oxygen atoms in total. The van der Waals surface area contributed by atoms with Crippen molar-refractivity contribution in [2.45, 2.75) is 18.9 Å². The molecule has 2 rings (SSSR count). The predicted octanol–water partition coefficient (Wildman–Crippen LogP) is 1.07. The molecule has 1 aromatic rings. The molecule has 0 aromatic carbocycles. The normalized spacial score (nSPS) is 18.3. The summed E-state index contributed by atoms with van der Waals surface area (Å²) in [7, 11) is 3.22. The van der Waals surface area contributed by atoms with Gasteiger partial charge in [-0.1, -0.05) is 0 Å². The quantitative estimate of drug-likeness (QED) is 0.820. The van der Waals surface area contributed by atoms with E-state index in [1.54, 1.807) is 12.3 Å². The highest BCUT2D eigenvalue weighted by molar-refractivity contribution is 5.97. The summed E-state index contributed by atoms with van der Waals surface area (Å²) in [6.07, 6.45) is 3.89. The third kappa shape index (κ3) is 2.96. The molecular weight excluding hydrogens is 246 g/mol. The highest BCUT2D eigenvalue weighted by Crippen LogP contribution is 2.25. The summed E-state index contributed by atoms with van der Waals surface area (Å²) in [5, 5.41) is 0. The van der Waals surface area contributed by atoms with E-state index in [2.05, 4.69) is 4.98 Å². The molecule has 1 fully saturated rings. The largest absolute Gasteiger partial charge is 0.465 e. The molecule has 1 atom stereocenters. The topological polar surface area (TPSA) is 77.7 Å². The van der Waals surface area contributed by atoms with E-state index in [9.17, 15) is 4.79 Å². The minimum Gasteiger partial charge on any atom is -0.465 e. The van der Waals surface area contributed by atoms with Crippen LogP contribution in [0.4, 0.5) is 11.5 Å². The molecule has 1 aromatic heterocycles. The zero-order valence-corrected chi connectivity index (χ0v) is 11.3. The van der Waals surface area contributed by atoms with Crippen LogP contribution in [0.15, 0.2) is 12.3 Å². The highest BCUT2D eigenvalue weighted by Gasteiger charge is 2.21. The van der Waals surface area contributed by atoms with Crippen LogP contribution in [0.2, 0.25) is 0 Å². The van der Waals surface area contributed by atoms with E-state index in [0.717, 1.165) is 19.4 Å². The van der Waals surface area contributed by atoms with Crippen molar-refractivity contribution in [2.75, 3.05) is 37.9 Å². The molecule has 2 heterocycles. The van der Waals surface area contributed by atoms with E-state index in [-0.39, 0.29) is 6.10 Å². The molecule has 0 saturated carbocycles. The number of esters is 1. The number of hydrogen-bond acceptors (Lipinski definition) is 6. The maximum Gasteiger partial charge on any atom is 0.340 e. The summed E-state index contributed by atoms with van der Waals surface area (Å²) in [6.45, 7) is 1.52. The van der Waals surface area contributed by atoms with Crippen molar-refractivity contribution in [1.29, 1.82) is 0 Å². The average Bonchev–Trinajstić information content (AvgIpc) is 2.90. The highest BCUT2D eigenvalue weighted by atomic mass is 16.5. The number of nitrogen functional groups attached to an aromatic ring is 1. The molecule has 1 aliphatic heterocycles. The Balaban J connectivity index is 2.16. The molecule has 1 aliphatic rings. The number of aromatic nitrogens is 1. The average molecular weight is 265 g/mol. The fourth-order valence-corrected chi connectivity index (χ4v) is 2.23. The minimum absolute atomic E-state index is 0.202. The van der Waals surface area contributed by atoms with Gasteiger partial charge in [-0.15, -0.1) is 0 Å². The first-order chi connectivity index (χ1) is 9.13. The van der Waals surface area contributed by atoms with Crippen LogP contribution in [-0.4, -0.2) is 44.4 Å². The molecule has 1 saturated heterocycles. The van der Waals surface area contributed by atoms with Crippen molar-refractivity contribution in [3.8, 4) is 0 Å². The Morgan fingerprint density at radius 2 is 2.47 bits per heavy atom. The second-order valence-corrected chi connectivity index (χ2v) is 4.60. The smallest absolute Gasteiger partial charge is 0.340 e. The van der Waals surface area contributed by atoms with Gasteiger partial charge in [0.25, 0.3) is 0 Å². The Morgan fingerprint density at radius 1 is 1.68 bits per heavy atom. The lowest BCUT2D eigenvalue weighted by molar-refractivity contribution is 0.0602. The van der Waals surface area contributed by atoms with Gasteiger partial charge in [0.2, 0.25) is 0 Å². The van der Waals surface area contributed by atoms with Crippen LogP contribution in [0, 0.1) is 0 Å². The van der Waals surface area contributed by atoms with Gasteiger partial charge in [-0.3, -0.25) is 0 Å². The Morgan fingerprint density at radius 3 is 3.11 bits per heavy atom. The van der Waals surface area contributed by atoms with Crippen molar-refractivity contribution in [3.63, 3.8) is 0 Å². The van der Waals surface area contributed by atoms with E-state index in [4.69, 9.17) is 15.2 Å². The van der Waals surface area contributed by atoms with E-state index in [1.807, 2.05) is 11.9 Å². The van der Waals surface area contributed by atoms with Crippen molar-refractivity contribution in [3.05, 3.63) is 17.8 Å². The van der Waals surface area contributed by atoms with E-state index < -0.39 is 5.97 Å². The Bertz CT molecular complexity index is 458. The van der Waals surface area contributed by atoms with Crippen molar-refractivity contribution < 1.29 is 14.3 Å². The molecule has 6 heteroatoms. The number of ether oxygens (including phenoxy) is 2. The van der Waals surface area contributed by atoms with Gasteiger partial charge in [-0.05, 0) is 18.9 Å². The summed E-state index contributed by atoms with van der Waals surface area (Å²) < 4.78 is 10.3. The third-order valence-electron chi connectivity index (χ3n) is 3.24. The van der Waals surface area contributed by atoms with E-state index >= 15 is 0 Å². The van der Waals surface area contributed by atoms with Crippen LogP contribution in [-0.2, 0) is 9.47 Å². The number of nitrogens with two attached hydrogens (primary N) is 1. The number of carbonyl (C=O) groups excluding carboxylic acids is 1. The number of pyridine rings is 1. The maximum atomic E-state index is 11.6. The third-order valence-corrected chi connectivity index (χ3v) is 3.24. The minimum atomic E-state index is -0.452. The van der Waals surface area contributed by atoms with E-state index in [1.165, 1.54) is 7.11 Å². The fourth-order valence-electron chi connectivity index (χ4n) is 2.23. The SMILES string of the molecule is COC(=O)c1ccnc(N(C)CC2CCCO2)c1N. The van der Waals surface area contributed by atoms with Gasteiger partial charge >= 0.3 is 5.97 Å². The first-order valence-electron chi connectivity index (χ1n) is 6.29. The van der Waals surface area contributed by atoms with Crippen LogP contribution in [0.1, 0.15) is 23.2 Å². The van der Waals surface area contributed by atoms with E-state index in [0.29, 0.717) is 23.6 Å². The van der Waals surface area contributed by atoms with Crippen LogP contribution in [0.25, 0.3) is 0 Å². The lowest BCUT2D eigenvalue weighted by Crippen LogP contribution is -2.30. The zero-order chi connectivity index (χ0) is 13.8. The van der Waals surface area contributed by atoms with Gasteiger partial charge in [0.05, 0.1) is 24.5 Å². The number of methoxy groups -OCH3 is 1. The first kappa shape index (κ1) is 13.6. The molecule has 1 unspecified atom stereocenters. The maximum absolute atomic E-state index is 11.6. The van der Waals surface area contributed by atoms with Gasteiger partial charge in [0.1, 0.15) is 0 Å². The number of carbonyl (C=O) groups is 1. The second-order valence-electron chi connectivity index (χ2n) is 4.60. The van der Waals surface area contributed by atoms with Crippen LogP contribution in [0.3, 0.4) is 0 Å². The van der Waals surface area contributed by atoms with Crippen molar-refractivity contribution in [1.82, 2.24) is 4.98 Å². The summed E-state index contributed by atoms with van der Waals surface area (Å²) in [4.78, 5) is 17.7. The summed E-state index contributed by atoms with van der Waals surface area (Å²) >= 11 is 0. The number of likely N-dealkylation sites (N-methyl/N-ethyl adjacent to an activating group) is 1. The van der Waals surface area contributed by atoms with Gasteiger partial charge < -0.3 is 20.1 Å². The molecule has 104 valence electrons. The summed E-state index contributed by atoms with van der Waals surface area (Å²) in [5.74, 6) is 0.130. The van der Waals surface area contributed by atoms with Gasteiger partial charge in [0, 0.05) is 26.4 Å². The predicted molar refractivity (Wildman–Crippen MR) is 72.2 cm³/mol. The fraction of sp³-hybridized carbons (Fsp3) is 0.538. The van der Waals surface area contributed by atoms with Crippen molar-refractivity contribution >= 4 is 17.5 Å². The molecular formula is C13H19N3O3. The molecule has 0 amide bonds. The lowest BCUT2D eigenvalue weighted by Gasteiger charge is -2.23. The van der Waals surface area contributed by atoms with Crippen LogP contribution in [0.5, 0.6) is 0 Å². The Hall–Kier alpha value is -1.82. The zero-order valence-electron chi connectivity index (χ0n) is 11.3. The standard InChI is InChI=1S/C13H19N3O3/c1-16(8-9-4-3-7-19-9)12-11(14)10(5-6-15-12)13(17)18-2/h5-6,9H,3-4,7-8,14H2,1-2H3. The number of hydrogen-bond donors (Lipinski definition) is 1. The number of anilines is 2. The Labute approximate surface area is 112 Å². The van der Waals surface area contributed by atoms with Crippen molar-refractivity contribution in [2.24, 2.45) is 0 Å². The molecule has 19 heavy (non-hydrogen) atoms. The molecule has 0 aliphatic carbocycles. The monoisotopic (exact) mass is 265 g/mol. The summed E-state index contributed by atoms with van der Waals surface area (Å²) in [6, 6.07) is 1.56. The lowest BCUT2D eigenvalue weighted by atomic mass is 10.2. The second kappa shape index (κ2) is 5.88. The first-order valence-corrected chi connectivity index (χ1v) is 6.29. The Kier molecular flexibility index (Phi) is 4.21. The van der Waals surface area contributed by atoms with Crippen LogP contribution >= 0.6 is 0 Å². The number of rotatable bonds is 4. The molecule has 2 N–H and O–H groups in total. The summed E-state index contributed by atoms with van der Waals surface area (Å²) in [5.41, 5.74) is 6.67. The molecule has 0 bridgehead atoms. The van der Waals surface area contributed by atoms with Gasteiger partial charge in [0.15, 0.2) is 5.82 Å².